The summed E-state index contributed by atoms with van der Waals surface area (Å²) in [6.07, 6.45) is 0. The first-order valence-corrected chi connectivity index (χ1v) is 6.93. The number of nitrogens with one attached hydrogen (secondary N) is 1. The van der Waals surface area contributed by atoms with Crippen molar-refractivity contribution in [3.63, 3.8) is 0 Å². The minimum atomic E-state index is -3.83. The maximum atomic E-state index is 11.8. The molecular weight excluding hydrogens is 262 g/mol. The number of halogens is 1. The molecule has 0 aliphatic carbocycles. The summed E-state index contributed by atoms with van der Waals surface area (Å²) in [6.45, 7) is 5.01. The monoisotopic (exact) mass is 275 g/mol. The molecule has 17 heavy (non-hydrogen) atoms. The van der Waals surface area contributed by atoms with E-state index in [1.54, 1.807) is 26.8 Å². The van der Waals surface area contributed by atoms with Crippen LogP contribution in [0.15, 0.2) is 23.1 Å². The molecule has 0 unspecified atom stereocenters. The van der Waals surface area contributed by atoms with Crippen molar-refractivity contribution < 1.29 is 13.2 Å². The van der Waals surface area contributed by atoms with Crippen LogP contribution in [0.3, 0.4) is 0 Å². The number of carbonyl (C=O) groups is 1. The van der Waals surface area contributed by atoms with Crippen molar-refractivity contribution in [3.8, 4) is 0 Å². The summed E-state index contributed by atoms with van der Waals surface area (Å²) >= 11 is 5.84. The van der Waals surface area contributed by atoms with Crippen LogP contribution in [0, 0.1) is 12.8 Å². The Hall–Kier alpha value is -1.07. The van der Waals surface area contributed by atoms with Crippen LogP contribution in [0.25, 0.3) is 0 Å². The Balaban J connectivity index is 3.06. The van der Waals surface area contributed by atoms with Crippen molar-refractivity contribution in [2.75, 3.05) is 0 Å². The zero-order chi connectivity index (χ0) is 13.2. The van der Waals surface area contributed by atoms with Crippen molar-refractivity contribution in [3.05, 3.63) is 28.8 Å². The Morgan fingerprint density at radius 2 is 1.94 bits per heavy atom. The molecule has 0 spiro atoms. The second-order valence-electron chi connectivity index (χ2n) is 4.04. The molecule has 0 fully saturated rings. The molecule has 0 aliphatic heterocycles. The van der Waals surface area contributed by atoms with Crippen LogP contribution in [0.4, 0.5) is 0 Å². The van der Waals surface area contributed by atoms with Gasteiger partial charge in [0.05, 0.1) is 4.90 Å². The standard InChI is InChI=1S/C11H14ClNO3S/c1-7(2)11(14)13-17(15,16)9-5-4-8(3)10(12)6-9/h4-7H,1-3H3,(H,13,14). The molecule has 6 heteroatoms. The molecule has 0 bridgehead atoms. The molecule has 4 nitrogen and oxygen atoms in total. The van der Waals surface area contributed by atoms with E-state index in [1.807, 2.05) is 4.72 Å². The quantitative estimate of drug-likeness (QED) is 0.919. The van der Waals surface area contributed by atoms with Crippen LogP contribution >= 0.6 is 11.6 Å². The summed E-state index contributed by atoms with van der Waals surface area (Å²) in [6, 6.07) is 4.33. The third-order valence-electron chi connectivity index (χ3n) is 2.21. The predicted octanol–water partition coefficient (Wildman–Crippen LogP) is 2.11. The van der Waals surface area contributed by atoms with E-state index < -0.39 is 21.8 Å². The van der Waals surface area contributed by atoms with Crippen LogP contribution in [0.1, 0.15) is 19.4 Å². The summed E-state index contributed by atoms with van der Waals surface area (Å²) in [4.78, 5) is 11.3. The fourth-order valence-corrected chi connectivity index (χ4v) is 2.43. The van der Waals surface area contributed by atoms with E-state index in [4.69, 9.17) is 11.6 Å². The molecule has 0 heterocycles. The van der Waals surface area contributed by atoms with Crippen LogP contribution < -0.4 is 4.72 Å². The number of rotatable bonds is 3. The Morgan fingerprint density at radius 3 is 2.41 bits per heavy atom. The highest BCUT2D eigenvalue weighted by molar-refractivity contribution is 7.90. The second kappa shape index (κ2) is 5.06. The highest BCUT2D eigenvalue weighted by Gasteiger charge is 2.19. The number of benzene rings is 1. The maximum Gasteiger partial charge on any atom is 0.264 e. The first kappa shape index (κ1) is 14.0. The van der Waals surface area contributed by atoms with Gasteiger partial charge in [0.1, 0.15) is 0 Å². The largest absolute Gasteiger partial charge is 0.274 e. The molecule has 1 N–H and O–H groups in total. The number of aryl methyl sites for hydroxylation is 1. The van der Waals surface area contributed by atoms with E-state index >= 15 is 0 Å². The second-order valence-corrected chi connectivity index (χ2v) is 6.13. The topological polar surface area (TPSA) is 63.2 Å². The van der Waals surface area contributed by atoms with E-state index in [2.05, 4.69) is 0 Å². The average Bonchev–Trinajstić information content (AvgIpc) is 2.21. The zero-order valence-electron chi connectivity index (χ0n) is 9.82. The Bertz CT molecular complexity index is 538. The fraction of sp³-hybridized carbons (Fsp3) is 0.364. The van der Waals surface area contributed by atoms with Crippen molar-refractivity contribution >= 4 is 27.5 Å². The molecule has 0 radical (unpaired) electrons. The number of hydrogen-bond acceptors (Lipinski definition) is 3. The molecule has 94 valence electrons. The third-order valence-corrected chi connectivity index (χ3v) is 3.96. The van der Waals surface area contributed by atoms with Gasteiger partial charge in [-0.3, -0.25) is 4.79 Å². The summed E-state index contributed by atoms with van der Waals surface area (Å²) in [7, 11) is -3.83. The van der Waals surface area contributed by atoms with Gasteiger partial charge in [-0.1, -0.05) is 31.5 Å². The van der Waals surface area contributed by atoms with Gasteiger partial charge in [-0.05, 0) is 24.6 Å². The van der Waals surface area contributed by atoms with Gasteiger partial charge in [-0.15, -0.1) is 0 Å². The summed E-state index contributed by atoms with van der Waals surface area (Å²) < 4.78 is 25.6. The average molecular weight is 276 g/mol. The molecular formula is C11H14ClNO3S. The number of hydrogen-bond donors (Lipinski definition) is 1. The first-order valence-electron chi connectivity index (χ1n) is 5.07. The molecule has 1 amide bonds. The molecule has 0 aliphatic rings. The van der Waals surface area contributed by atoms with Crippen LogP contribution in [0.5, 0.6) is 0 Å². The minimum Gasteiger partial charge on any atom is -0.274 e. The van der Waals surface area contributed by atoms with Crippen molar-refractivity contribution in [2.24, 2.45) is 5.92 Å². The van der Waals surface area contributed by atoms with Gasteiger partial charge in [0.25, 0.3) is 10.0 Å². The highest BCUT2D eigenvalue weighted by Crippen LogP contribution is 2.19. The van der Waals surface area contributed by atoms with Gasteiger partial charge >= 0.3 is 0 Å². The van der Waals surface area contributed by atoms with Gasteiger partial charge in [0.15, 0.2) is 0 Å². The van der Waals surface area contributed by atoms with Gasteiger partial charge in [-0.2, -0.15) is 0 Å². The van der Waals surface area contributed by atoms with Crippen molar-refractivity contribution in [2.45, 2.75) is 25.7 Å². The lowest BCUT2D eigenvalue weighted by Gasteiger charge is -2.09. The Kier molecular flexibility index (Phi) is 4.16. The first-order chi connectivity index (χ1) is 7.74. The lowest BCUT2D eigenvalue weighted by atomic mass is 10.2. The van der Waals surface area contributed by atoms with Crippen molar-refractivity contribution in [1.29, 1.82) is 0 Å². The van der Waals surface area contributed by atoms with Crippen LogP contribution in [0.2, 0.25) is 5.02 Å². The Labute approximate surface area is 106 Å². The smallest absolute Gasteiger partial charge is 0.264 e. The van der Waals surface area contributed by atoms with E-state index in [0.29, 0.717) is 5.02 Å². The molecule has 0 atom stereocenters. The lowest BCUT2D eigenvalue weighted by molar-refractivity contribution is -0.122. The predicted molar refractivity (Wildman–Crippen MR) is 66.4 cm³/mol. The normalized spacial score (nSPS) is 11.6. The molecule has 1 aromatic carbocycles. The van der Waals surface area contributed by atoms with E-state index in [1.165, 1.54) is 12.1 Å². The number of sulfonamides is 1. The molecule has 0 saturated heterocycles. The maximum absolute atomic E-state index is 11.8. The number of amides is 1. The van der Waals surface area contributed by atoms with Crippen LogP contribution in [-0.2, 0) is 14.8 Å². The van der Waals surface area contributed by atoms with E-state index in [-0.39, 0.29) is 4.90 Å². The molecule has 0 saturated carbocycles. The molecule has 0 aromatic heterocycles. The summed E-state index contributed by atoms with van der Waals surface area (Å²) in [5, 5.41) is 0.352. The zero-order valence-corrected chi connectivity index (χ0v) is 11.4. The summed E-state index contributed by atoms with van der Waals surface area (Å²) in [5.41, 5.74) is 0.779. The van der Waals surface area contributed by atoms with Crippen LogP contribution in [-0.4, -0.2) is 14.3 Å². The molecule has 1 rings (SSSR count). The lowest BCUT2D eigenvalue weighted by Crippen LogP contribution is -2.33. The third kappa shape index (κ3) is 3.44. The van der Waals surface area contributed by atoms with Gasteiger partial charge in [-0.25, -0.2) is 13.1 Å². The fourth-order valence-electron chi connectivity index (χ4n) is 1.05. The minimum absolute atomic E-state index is 0.0119. The number of carbonyl (C=O) groups excluding carboxylic acids is 1. The van der Waals surface area contributed by atoms with Crippen molar-refractivity contribution in [1.82, 2.24) is 4.72 Å². The SMILES string of the molecule is Cc1ccc(S(=O)(=O)NC(=O)C(C)C)cc1Cl. The van der Waals surface area contributed by atoms with Gasteiger partial charge < -0.3 is 0 Å². The Morgan fingerprint density at radius 1 is 1.35 bits per heavy atom. The summed E-state index contributed by atoms with van der Waals surface area (Å²) in [5.74, 6) is -0.938. The van der Waals surface area contributed by atoms with E-state index in [0.717, 1.165) is 5.56 Å². The molecule has 1 aromatic rings. The van der Waals surface area contributed by atoms with E-state index in [9.17, 15) is 13.2 Å². The van der Waals surface area contributed by atoms with Gasteiger partial charge in [0, 0.05) is 10.9 Å². The highest BCUT2D eigenvalue weighted by atomic mass is 35.5. The van der Waals surface area contributed by atoms with Gasteiger partial charge in [0.2, 0.25) is 5.91 Å².